The Kier molecular flexibility index (Phi) is 4.70. The summed E-state index contributed by atoms with van der Waals surface area (Å²) in [4.78, 5) is 13.8. The first-order valence-electron chi connectivity index (χ1n) is 6.07. The lowest BCUT2D eigenvalue weighted by molar-refractivity contribution is -0.120. The molecule has 0 heterocycles. The van der Waals surface area contributed by atoms with E-state index in [1.54, 1.807) is 11.9 Å². The predicted molar refractivity (Wildman–Crippen MR) is 72.0 cm³/mol. The molecule has 3 nitrogen and oxygen atoms in total. The van der Waals surface area contributed by atoms with Crippen LogP contribution in [0.5, 0.6) is 0 Å². The number of anilines is 1. The van der Waals surface area contributed by atoms with Gasteiger partial charge in [0.25, 0.3) is 0 Å². The number of hydrogen-bond donors (Lipinski definition) is 1. The Labute approximate surface area is 104 Å². The molecule has 0 saturated heterocycles. The third kappa shape index (κ3) is 3.30. The Morgan fingerprint density at radius 2 is 1.88 bits per heavy atom. The molecule has 0 bridgehead atoms. The number of benzene rings is 1. The van der Waals surface area contributed by atoms with Crippen molar-refractivity contribution in [3.05, 3.63) is 29.8 Å². The molecule has 2 atom stereocenters. The van der Waals surface area contributed by atoms with Gasteiger partial charge in [-0.25, -0.2) is 0 Å². The van der Waals surface area contributed by atoms with E-state index in [1.807, 2.05) is 45.0 Å². The van der Waals surface area contributed by atoms with Crippen molar-refractivity contribution in [3.8, 4) is 0 Å². The maximum absolute atomic E-state index is 12.1. The van der Waals surface area contributed by atoms with E-state index in [1.165, 1.54) is 5.56 Å². The van der Waals surface area contributed by atoms with Crippen molar-refractivity contribution in [3.63, 3.8) is 0 Å². The molecule has 0 radical (unpaired) electrons. The highest BCUT2D eigenvalue weighted by Crippen LogP contribution is 2.16. The Balaban J connectivity index is 2.79. The second kappa shape index (κ2) is 5.82. The van der Waals surface area contributed by atoms with Gasteiger partial charge in [0.15, 0.2) is 0 Å². The van der Waals surface area contributed by atoms with E-state index in [0.29, 0.717) is 0 Å². The number of likely N-dealkylation sites (N-methyl/N-ethyl adjacent to an activating group) is 1. The first kappa shape index (κ1) is 13.7. The Morgan fingerprint density at radius 1 is 1.35 bits per heavy atom. The summed E-state index contributed by atoms with van der Waals surface area (Å²) in [5.74, 6) is 0.179. The van der Waals surface area contributed by atoms with Crippen LogP contribution in [-0.4, -0.2) is 19.0 Å². The number of rotatable bonds is 4. The Hall–Kier alpha value is -1.35. The van der Waals surface area contributed by atoms with Gasteiger partial charge in [-0.3, -0.25) is 4.79 Å². The van der Waals surface area contributed by atoms with Crippen LogP contribution in [-0.2, 0) is 4.79 Å². The summed E-state index contributed by atoms with van der Waals surface area (Å²) < 4.78 is 0. The second-order valence-electron chi connectivity index (χ2n) is 4.64. The molecular formula is C14H22N2O. The van der Waals surface area contributed by atoms with Gasteiger partial charge in [0.05, 0.1) is 6.04 Å². The lowest BCUT2D eigenvalue weighted by Gasteiger charge is -2.24. The van der Waals surface area contributed by atoms with Crippen LogP contribution in [0.3, 0.4) is 0 Å². The predicted octanol–water partition coefficient (Wildman–Crippen LogP) is 2.33. The molecule has 17 heavy (non-hydrogen) atoms. The Morgan fingerprint density at radius 3 is 2.35 bits per heavy atom. The summed E-state index contributed by atoms with van der Waals surface area (Å²) >= 11 is 0. The largest absolute Gasteiger partial charge is 0.320 e. The highest BCUT2D eigenvalue weighted by Gasteiger charge is 2.23. The van der Waals surface area contributed by atoms with Crippen LogP contribution in [0.1, 0.15) is 25.8 Å². The van der Waals surface area contributed by atoms with Gasteiger partial charge in [-0.05, 0) is 25.0 Å². The minimum atomic E-state index is -0.425. The molecule has 1 aromatic carbocycles. The molecule has 3 heteroatoms. The molecule has 0 spiro atoms. The van der Waals surface area contributed by atoms with Crippen molar-refractivity contribution in [2.45, 2.75) is 33.2 Å². The van der Waals surface area contributed by atoms with Crippen molar-refractivity contribution in [2.75, 3.05) is 11.9 Å². The van der Waals surface area contributed by atoms with Crippen LogP contribution >= 0.6 is 0 Å². The van der Waals surface area contributed by atoms with E-state index in [4.69, 9.17) is 5.73 Å². The molecule has 94 valence electrons. The molecular weight excluding hydrogens is 212 g/mol. The summed E-state index contributed by atoms with van der Waals surface area (Å²) in [5.41, 5.74) is 8.02. The highest BCUT2D eigenvalue weighted by molar-refractivity contribution is 5.96. The van der Waals surface area contributed by atoms with Gasteiger partial charge in [-0.15, -0.1) is 0 Å². The Bertz CT molecular complexity index is 372. The van der Waals surface area contributed by atoms with E-state index in [-0.39, 0.29) is 11.8 Å². The summed E-state index contributed by atoms with van der Waals surface area (Å²) in [7, 11) is 1.77. The minimum Gasteiger partial charge on any atom is -0.320 e. The van der Waals surface area contributed by atoms with Crippen molar-refractivity contribution < 1.29 is 4.79 Å². The third-order valence-electron chi connectivity index (χ3n) is 3.29. The van der Waals surface area contributed by atoms with Crippen LogP contribution in [0.4, 0.5) is 5.69 Å². The quantitative estimate of drug-likeness (QED) is 0.869. The first-order valence-corrected chi connectivity index (χ1v) is 6.07. The van der Waals surface area contributed by atoms with Crippen LogP contribution in [0.15, 0.2) is 24.3 Å². The molecule has 2 unspecified atom stereocenters. The highest BCUT2D eigenvalue weighted by atomic mass is 16.2. The molecule has 0 aliphatic carbocycles. The van der Waals surface area contributed by atoms with E-state index in [0.717, 1.165) is 12.1 Å². The topological polar surface area (TPSA) is 46.3 Å². The van der Waals surface area contributed by atoms with E-state index in [2.05, 4.69) is 0 Å². The molecule has 0 aliphatic heterocycles. The molecule has 1 rings (SSSR count). The van der Waals surface area contributed by atoms with Gasteiger partial charge < -0.3 is 10.6 Å². The maximum Gasteiger partial charge on any atom is 0.243 e. The van der Waals surface area contributed by atoms with Gasteiger partial charge in [0.2, 0.25) is 5.91 Å². The van der Waals surface area contributed by atoms with E-state index < -0.39 is 6.04 Å². The van der Waals surface area contributed by atoms with Gasteiger partial charge in [-0.1, -0.05) is 38.0 Å². The van der Waals surface area contributed by atoms with Gasteiger partial charge in [0, 0.05) is 12.7 Å². The first-order chi connectivity index (χ1) is 7.97. The number of hydrogen-bond acceptors (Lipinski definition) is 2. The molecule has 0 aromatic heterocycles. The number of carbonyl (C=O) groups excluding carboxylic acids is 1. The zero-order valence-electron chi connectivity index (χ0n) is 11.1. The fourth-order valence-electron chi connectivity index (χ4n) is 1.62. The second-order valence-corrected chi connectivity index (χ2v) is 4.64. The molecule has 0 fully saturated rings. The number of amides is 1. The molecule has 0 aliphatic rings. The van der Waals surface area contributed by atoms with E-state index in [9.17, 15) is 4.79 Å². The molecule has 1 aromatic rings. The zero-order valence-corrected chi connectivity index (χ0v) is 11.1. The summed E-state index contributed by atoms with van der Waals surface area (Å²) in [6.45, 7) is 6.08. The lowest BCUT2D eigenvalue weighted by Crippen LogP contribution is -2.45. The van der Waals surface area contributed by atoms with Crippen molar-refractivity contribution in [1.82, 2.24) is 0 Å². The average Bonchev–Trinajstić information content (AvgIpc) is 2.36. The lowest BCUT2D eigenvalue weighted by atomic mass is 9.99. The SMILES string of the molecule is CCC(C)C(N)C(=O)N(C)c1ccc(C)cc1. The number of nitrogens with zero attached hydrogens (tertiary/aromatic N) is 1. The van der Waals surface area contributed by atoms with Crippen LogP contribution in [0.25, 0.3) is 0 Å². The van der Waals surface area contributed by atoms with Gasteiger partial charge in [0.1, 0.15) is 0 Å². The zero-order chi connectivity index (χ0) is 13.0. The van der Waals surface area contributed by atoms with E-state index >= 15 is 0 Å². The summed E-state index contributed by atoms with van der Waals surface area (Å²) in [6, 6.07) is 7.45. The summed E-state index contributed by atoms with van der Waals surface area (Å²) in [6.07, 6.45) is 0.911. The summed E-state index contributed by atoms with van der Waals surface area (Å²) in [5, 5.41) is 0. The third-order valence-corrected chi connectivity index (χ3v) is 3.29. The molecule has 0 saturated carbocycles. The minimum absolute atomic E-state index is 0.0248. The maximum atomic E-state index is 12.1. The standard InChI is InChI=1S/C14H22N2O/c1-5-11(3)13(15)14(17)16(4)12-8-6-10(2)7-9-12/h6-9,11,13H,5,15H2,1-4H3. The van der Waals surface area contributed by atoms with Crippen molar-refractivity contribution in [2.24, 2.45) is 11.7 Å². The van der Waals surface area contributed by atoms with Crippen molar-refractivity contribution >= 4 is 11.6 Å². The number of nitrogens with two attached hydrogens (primary N) is 1. The smallest absolute Gasteiger partial charge is 0.243 e. The van der Waals surface area contributed by atoms with Crippen LogP contribution in [0.2, 0.25) is 0 Å². The van der Waals surface area contributed by atoms with Crippen LogP contribution in [0, 0.1) is 12.8 Å². The van der Waals surface area contributed by atoms with Gasteiger partial charge in [-0.2, -0.15) is 0 Å². The normalized spacial score (nSPS) is 14.2. The number of aryl methyl sites for hydroxylation is 1. The van der Waals surface area contributed by atoms with Crippen molar-refractivity contribution in [1.29, 1.82) is 0 Å². The average molecular weight is 234 g/mol. The monoisotopic (exact) mass is 234 g/mol. The molecule has 2 N–H and O–H groups in total. The fraction of sp³-hybridized carbons (Fsp3) is 0.500. The molecule has 1 amide bonds. The number of carbonyl (C=O) groups is 1. The van der Waals surface area contributed by atoms with Crippen LogP contribution < -0.4 is 10.6 Å². The fourth-order valence-corrected chi connectivity index (χ4v) is 1.62. The van der Waals surface area contributed by atoms with Gasteiger partial charge >= 0.3 is 0 Å².